The first-order valence-electron chi connectivity index (χ1n) is 7.14. The Labute approximate surface area is 133 Å². The van der Waals surface area contributed by atoms with Crippen LogP contribution in [-0.2, 0) is 25.0 Å². The number of methoxy groups -OCH3 is 1. The van der Waals surface area contributed by atoms with Gasteiger partial charge in [0.15, 0.2) is 0 Å². The summed E-state index contributed by atoms with van der Waals surface area (Å²) in [6, 6.07) is 0. The first kappa shape index (κ1) is 18.1. The number of ether oxygens (including phenoxy) is 1. The zero-order valence-electron chi connectivity index (χ0n) is 13.5. The largest absolute Gasteiger partial charge is 0.384 e. The van der Waals surface area contributed by atoms with Crippen LogP contribution in [0.3, 0.4) is 0 Å². The molecule has 130 valence electrons. The molecule has 10 heteroatoms. The van der Waals surface area contributed by atoms with Crippen molar-refractivity contribution in [1.82, 2.24) is 12.9 Å². The molecule has 0 unspecified atom stereocenters. The fourth-order valence-corrected chi connectivity index (χ4v) is 5.51. The Balaban J connectivity index is 2.26. The lowest BCUT2D eigenvalue weighted by molar-refractivity contribution is 0.0200. The number of sulfonamides is 1. The number of piperidine rings is 1. The van der Waals surface area contributed by atoms with Gasteiger partial charge in [0, 0.05) is 52.8 Å². The summed E-state index contributed by atoms with van der Waals surface area (Å²) in [5.41, 5.74) is -0.295. The zero-order chi connectivity index (χ0) is 16.8. The van der Waals surface area contributed by atoms with Crippen LogP contribution in [0.25, 0.3) is 0 Å². The van der Waals surface area contributed by atoms with E-state index in [1.165, 1.54) is 33.3 Å². The molecule has 22 heavy (non-hydrogen) atoms. The molecule has 2 saturated heterocycles. The minimum Gasteiger partial charge on any atom is -0.384 e. The quantitative estimate of drug-likeness (QED) is 0.633. The molecule has 0 spiro atoms. The normalized spacial score (nSPS) is 31.6. The highest BCUT2D eigenvalue weighted by molar-refractivity contribution is 7.88. The SMILES string of the molecule is COC[C@@]12CCN(S(=O)(=O)N(C)C)C[C@@H]1CN(S(C)(=O)=O)C2. The minimum absolute atomic E-state index is 0.0503. The van der Waals surface area contributed by atoms with Crippen LogP contribution in [-0.4, -0.2) is 90.0 Å². The van der Waals surface area contributed by atoms with Crippen molar-refractivity contribution in [2.45, 2.75) is 6.42 Å². The van der Waals surface area contributed by atoms with Crippen LogP contribution in [0, 0.1) is 11.3 Å². The van der Waals surface area contributed by atoms with Gasteiger partial charge < -0.3 is 4.74 Å². The van der Waals surface area contributed by atoms with E-state index < -0.39 is 20.2 Å². The summed E-state index contributed by atoms with van der Waals surface area (Å²) in [4.78, 5) is 0. The van der Waals surface area contributed by atoms with Crippen molar-refractivity contribution in [3.63, 3.8) is 0 Å². The van der Waals surface area contributed by atoms with Crippen molar-refractivity contribution in [3.8, 4) is 0 Å². The third-order valence-electron chi connectivity index (χ3n) is 4.75. The average molecular weight is 355 g/mol. The van der Waals surface area contributed by atoms with Crippen molar-refractivity contribution < 1.29 is 21.6 Å². The molecule has 2 heterocycles. The molecule has 0 saturated carbocycles. The van der Waals surface area contributed by atoms with E-state index in [-0.39, 0.29) is 11.3 Å². The molecule has 2 rings (SSSR count). The van der Waals surface area contributed by atoms with Gasteiger partial charge in [-0.05, 0) is 12.3 Å². The Kier molecular flexibility index (Phi) is 4.92. The molecule has 0 bridgehead atoms. The Morgan fingerprint density at radius 2 is 1.77 bits per heavy atom. The van der Waals surface area contributed by atoms with Crippen LogP contribution in [0.15, 0.2) is 0 Å². The van der Waals surface area contributed by atoms with Crippen molar-refractivity contribution in [2.75, 3.05) is 60.2 Å². The molecule has 2 fully saturated rings. The minimum atomic E-state index is -3.48. The number of rotatable bonds is 5. The highest BCUT2D eigenvalue weighted by atomic mass is 32.2. The van der Waals surface area contributed by atoms with Crippen LogP contribution >= 0.6 is 0 Å². The molecule has 8 nitrogen and oxygen atoms in total. The smallest absolute Gasteiger partial charge is 0.281 e. The lowest BCUT2D eigenvalue weighted by atomic mass is 9.74. The summed E-state index contributed by atoms with van der Waals surface area (Å²) in [6.07, 6.45) is 1.80. The molecule has 0 aromatic heterocycles. The molecule has 0 aromatic rings. The van der Waals surface area contributed by atoms with Gasteiger partial charge in [-0.1, -0.05) is 0 Å². The van der Waals surface area contributed by atoms with Crippen LogP contribution in [0.2, 0.25) is 0 Å². The Bertz CT molecular complexity index is 619. The monoisotopic (exact) mass is 355 g/mol. The van der Waals surface area contributed by atoms with Gasteiger partial charge in [0.05, 0.1) is 12.9 Å². The standard InChI is InChI=1S/C12H25N3O5S2/c1-13(2)22(18,19)14-6-5-12(10-20-3)9-15(21(4,16)17)8-11(12)7-14/h11H,5-10H2,1-4H3/t11-,12+/m1/s1. The molecule has 2 aliphatic rings. The van der Waals surface area contributed by atoms with E-state index in [1.807, 2.05) is 0 Å². The predicted molar refractivity (Wildman–Crippen MR) is 83.0 cm³/mol. The maximum Gasteiger partial charge on any atom is 0.281 e. The maximum atomic E-state index is 12.3. The van der Waals surface area contributed by atoms with Crippen LogP contribution < -0.4 is 0 Å². The highest BCUT2D eigenvalue weighted by Crippen LogP contribution is 2.44. The first-order valence-corrected chi connectivity index (χ1v) is 10.4. The average Bonchev–Trinajstić information content (AvgIpc) is 2.77. The van der Waals surface area contributed by atoms with Gasteiger partial charge >= 0.3 is 0 Å². The van der Waals surface area contributed by atoms with E-state index in [4.69, 9.17) is 4.74 Å². The van der Waals surface area contributed by atoms with Gasteiger partial charge in [-0.3, -0.25) is 0 Å². The third-order valence-corrected chi connectivity index (χ3v) is 7.88. The molecule has 0 aliphatic carbocycles. The second-order valence-electron chi connectivity index (χ2n) is 6.45. The van der Waals surface area contributed by atoms with Gasteiger partial charge in [0.25, 0.3) is 10.2 Å². The van der Waals surface area contributed by atoms with E-state index in [1.54, 1.807) is 7.11 Å². The van der Waals surface area contributed by atoms with Crippen molar-refractivity contribution in [3.05, 3.63) is 0 Å². The summed E-state index contributed by atoms with van der Waals surface area (Å²) < 4.78 is 57.7. The van der Waals surface area contributed by atoms with Crippen LogP contribution in [0.5, 0.6) is 0 Å². The molecule has 0 aromatic carbocycles. The molecule has 0 N–H and O–H groups in total. The molecule has 2 atom stereocenters. The number of hydrogen-bond donors (Lipinski definition) is 0. The van der Waals surface area contributed by atoms with Gasteiger partial charge in [-0.2, -0.15) is 17.0 Å². The van der Waals surface area contributed by atoms with E-state index >= 15 is 0 Å². The predicted octanol–water partition coefficient (Wildman–Crippen LogP) is -0.977. The maximum absolute atomic E-state index is 12.3. The second kappa shape index (κ2) is 5.99. The molecule has 2 aliphatic heterocycles. The summed E-state index contributed by atoms with van der Waals surface area (Å²) in [5.74, 6) is -0.0503. The van der Waals surface area contributed by atoms with E-state index in [0.717, 1.165) is 0 Å². The van der Waals surface area contributed by atoms with E-state index in [2.05, 4.69) is 0 Å². The van der Waals surface area contributed by atoms with E-state index in [0.29, 0.717) is 39.2 Å². The lowest BCUT2D eigenvalue weighted by Crippen LogP contribution is -2.53. The van der Waals surface area contributed by atoms with Gasteiger partial charge in [0.1, 0.15) is 0 Å². The summed E-state index contributed by atoms with van der Waals surface area (Å²) in [5, 5.41) is 0. The number of nitrogens with zero attached hydrogens (tertiary/aromatic N) is 3. The number of fused-ring (bicyclic) bond motifs is 1. The fourth-order valence-electron chi connectivity index (χ4n) is 3.42. The molecular weight excluding hydrogens is 330 g/mol. The van der Waals surface area contributed by atoms with Gasteiger partial charge in [-0.25, -0.2) is 12.7 Å². The van der Waals surface area contributed by atoms with Gasteiger partial charge in [0.2, 0.25) is 10.0 Å². The topological polar surface area (TPSA) is 87.2 Å². The van der Waals surface area contributed by atoms with E-state index in [9.17, 15) is 16.8 Å². The Morgan fingerprint density at radius 3 is 2.27 bits per heavy atom. The van der Waals surface area contributed by atoms with Crippen molar-refractivity contribution in [2.24, 2.45) is 11.3 Å². The van der Waals surface area contributed by atoms with Crippen LogP contribution in [0.4, 0.5) is 0 Å². The Morgan fingerprint density at radius 1 is 1.18 bits per heavy atom. The number of hydrogen-bond acceptors (Lipinski definition) is 5. The van der Waals surface area contributed by atoms with Crippen molar-refractivity contribution in [1.29, 1.82) is 0 Å². The van der Waals surface area contributed by atoms with Crippen molar-refractivity contribution >= 4 is 20.2 Å². The van der Waals surface area contributed by atoms with Crippen LogP contribution in [0.1, 0.15) is 6.42 Å². The third kappa shape index (κ3) is 3.17. The highest BCUT2D eigenvalue weighted by Gasteiger charge is 2.53. The summed E-state index contributed by atoms with van der Waals surface area (Å²) in [7, 11) is -2.16. The fraction of sp³-hybridized carbons (Fsp3) is 1.00. The summed E-state index contributed by atoms with van der Waals surface area (Å²) in [6.45, 7) is 1.91. The molecule has 0 radical (unpaired) electrons. The second-order valence-corrected chi connectivity index (χ2v) is 10.6. The Hall–Kier alpha value is -0.260. The lowest BCUT2D eigenvalue weighted by Gasteiger charge is -2.42. The molecular formula is C12H25N3O5S2. The molecule has 0 amide bonds. The first-order chi connectivity index (χ1) is 10.0. The zero-order valence-corrected chi connectivity index (χ0v) is 15.2. The summed E-state index contributed by atoms with van der Waals surface area (Å²) >= 11 is 0. The van der Waals surface area contributed by atoms with Gasteiger partial charge in [-0.15, -0.1) is 0 Å².